The van der Waals surface area contributed by atoms with Crippen molar-refractivity contribution in [3.05, 3.63) is 104 Å². The standard InChI is InChI=1S/C21H16N4O6/c1-13-3-2-4-15(11-13)21(27)22-16-7-5-14(6-8-16)20(26)23-18-10-9-17(24(28)29)12-19(18)25(30)31/h2-12H,1H3,(H,22,27)(H,23,26). The first-order valence-corrected chi connectivity index (χ1v) is 8.97. The predicted octanol–water partition coefficient (Wildman–Crippen LogP) is 4.32. The number of nitro benzene ring substituents is 2. The summed E-state index contributed by atoms with van der Waals surface area (Å²) in [4.78, 5) is 45.2. The third kappa shape index (κ3) is 5.07. The summed E-state index contributed by atoms with van der Waals surface area (Å²) in [5, 5.41) is 27.1. The molecule has 3 rings (SSSR count). The maximum atomic E-state index is 12.4. The van der Waals surface area contributed by atoms with Crippen molar-refractivity contribution >= 4 is 34.6 Å². The molecule has 0 radical (unpaired) electrons. The number of hydrogen-bond acceptors (Lipinski definition) is 6. The Morgan fingerprint density at radius 2 is 1.45 bits per heavy atom. The third-order valence-electron chi connectivity index (χ3n) is 4.32. The minimum Gasteiger partial charge on any atom is -0.322 e. The molecule has 0 saturated heterocycles. The van der Waals surface area contributed by atoms with E-state index in [0.29, 0.717) is 11.3 Å². The van der Waals surface area contributed by atoms with Gasteiger partial charge in [-0.25, -0.2) is 0 Å². The zero-order valence-electron chi connectivity index (χ0n) is 16.2. The van der Waals surface area contributed by atoms with Gasteiger partial charge in [0.1, 0.15) is 5.69 Å². The second kappa shape index (κ2) is 8.82. The number of carbonyl (C=O) groups excluding carboxylic acids is 2. The molecule has 0 atom stereocenters. The molecule has 0 aliphatic carbocycles. The molecule has 0 aliphatic heterocycles. The molecule has 0 fully saturated rings. The van der Waals surface area contributed by atoms with Crippen molar-refractivity contribution in [1.82, 2.24) is 0 Å². The normalized spacial score (nSPS) is 10.2. The first-order valence-electron chi connectivity index (χ1n) is 8.97. The summed E-state index contributed by atoms with van der Waals surface area (Å²) >= 11 is 0. The predicted molar refractivity (Wildman–Crippen MR) is 113 cm³/mol. The van der Waals surface area contributed by atoms with Crippen LogP contribution in [0, 0.1) is 27.2 Å². The van der Waals surface area contributed by atoms with Gasteiger partial charge in [0, 0.05) is 22.9 Å². The number of rotatable bonds is 6. The van der Waals surface area contributed by atoms with Crippen molar-refractivity contribution in [2.24, 2.45) is 0 Å². The lowest BCUT2D eigenvalue weighted by atomic mass is 10.1. The molecule has 3 aromatic carbocycles. The quantitative estimate of drug-likeness (QED) is 0.449. The fourth-order valence-corrected chi connectivity index (χ4v) is 2.78. The lowest BCUT2D eigenvalue weighted by molar-refractivity contribution is -0.393. The highest BCUT2D eigenvalue weighted by Gasteiger charge is 2.21. The largest absolute Gasteiger partial charge is 0.322 e. The minimum absolute atomic E-state index is 0.169. The van der Waals surface area contributed by atoms with E-state index in [4.69, 9.17) is 0 Å². The molecule has 0 aliphatic rings. The Hall–Kier alpha value is -4.60. The van der Waals surface area contributed by atoms with Crippen LogP contribution in [0.3, 0.4) is 0 Å². The minimum atomic E-state index is -0.813. The molecule has 2 N–H and O–H groups in total. The van der Waals surface area contributed by atoms with Gasteiger partial charge in [-0.1, -0.05) is 17.7 Å². The zero-order chi connectivity index (χ0) is 22.5. The van der Waals surface area contributed by atoms with Crippen molar-refractivity contribution in [2.45, 2.75) is 6.92 Å². The van der Waals surface area contributed by atoms with E-state index < -0.39 is 27.1 Å². The number of nitrogens with zero attached hydrogens (tertiary/aromatic N) is 2. The van der Waals surface area contributed by atoms with Crippen LogP contribution in [-0.4, -0.2) is 21.7 Å². The topological polar surface area (TPSA) is 144 Å². The summed E-state index contributed by atoms with van der Waals surface area (Å²) in [5.41, 5.74) is 0.860. The van der Waals surface area contributed by atoms with Crippen LogP contribution >= 0.6 is 0 Å². The van der Waals surface area contributed by atoms with Gasteiger partial charge < -0.3 is 10.6 Å². The fourth-order valence-electron chi connectivity index (χ4n) is 2.78. The highest BCUT2D eigenvalue weighted by Crippen LogP contribution is 2.29. The number of anilines is 2. The van der Waals surface area contributed by atoms with E-state index in [-0.39, 0.29) is 17.2 Å². The molecule has 10 nitrogen and oxygen atoms in total. The van der Waals surface area contributed by atoms with E-state index in [0.717, 1.165) is 23.8 Å². The van der Waals surface area contributed by atoms with Gasteiger partial charge in [-0.15, -0.1) is 0 Å². The Labute approximate surface area is 175 Å². The Balaban J connectivity index is 1.73. The van der Waals surface area contributed by atoms with Gasteiger partial charge in [0.05, 0.1) is 15.9 Å². The Bertz CT molecular complexity index is 1190. The molecule has 0 unspecified atom stereocenters. The number of nitrogens with one attached hydrogen (secondary N) is 2. The molecule has 0 spiro atoms. The maximum absolute atomic E-state index is 12.4. The lowest BCUT2D eigenvalue weighted by Crippen LogP contribution is -2.14. The van der Waals surface area contributed by atoms with Crippen LogP contribution in [-0.2, 0) is 0 Å². The number of non-ortho nitro benzene ring substituents is 1. The van der Waals surface area contributed by atoms with Gasteiger partial charge in [-0.3, -0.25) is 29.8 Å². The van der Waals surface area contributed by atoms with Gasteiger partial charge in [-0.2, -0.15) is 0 Å². The van der Waals surface area contributed by atoms with Crippen LogP contribution < -0.4 is 10.6 Å². The lowest BCUT2D eigenvalue weighted by Gasteiger charge is -2.08. The Kier molecular flexibility index (Phi) is 6.01. The molecule has 156 valence electrons. The molecule has 31 heavy (non-hydrogen) atoms. The number of amides is 2. The Morgan fingerprint density at radius 3 is 2.06 bits per heavy atom. The third-order valence-corrected chi connectivity index (χ3v) is 4.32. The van der Waals surface area contributed by atoms with Gasteiger partial charge in [0.25, 0.3) is 23.2 Å². The highest BCUT2D eigenvalue weighted by molar-refractivity contribution is 6.07. The summed E-state index contributed by atoms with van der Waals surface area (Å²) in [6.07, 6.45) is 0. The van der Waals surface area contributed by atoms with Crippen LogP contribution in [0.5, 0.6) is 0 Å². The first kappa shape index (κ1) is 21.1. The van der Waals surface area contributed by atoms with E-state index in [2.05, 4.69) is 10.6 Å². The molecular weight excluding hydrogens is 404 g/mol. The van der Waals surface area contributed by atoms with Gasteiger partial charge in [-0.05, 0) is 49.4 Å². The van der Waals surface area contributed by atoms with Crippen molar-refractivity contribution in [1.29, 1.82) is 0 Å². The number of nitro groups is 2. The molecule has 0 bridgehead atoms. The van der Waals surface area contributed by atoms with E-state index >= 15 is 0 Å². The summed E-state index contributed by atoms with van der Waals surface area (Å²) in [6.45, 7) is 1.87. The van der Waals surface area contributed by atoms with E-state index in [1.807, 2.05) is 13.0 Å². The van der Waals surface area contributed by atoms with E-state index in [9.17, 15) is 29.8 Å². The average molecular weight is 420 g/mol. The van der Waals surface area contributed by atoms with Crippen molar-refractivity contribution < 1.29 is 19.4 Å². The molecule has 0 heterocycles. The number of benzene rings is 3. The summed E-state index contributed by atoms with van der Waals surface area (Å²) in [6, 6.07) is 15.9. The van der Waals surface area contributed by atoms with Crippen LogP contribution in [0.2, 0.25) is 0 Å². The van der Waals surface area contributed by atoms with Crippen molar-refractivity contribution in [2.75, 3.05) is 10.6 Å². The summed E-state index contributed by atoms with van der Waals surface area (Å²) in [5.74, 6) is -0.948. The van der Waals surface area contributed by atoms with E-state index in [1.54, 1.807) is 18.2 Å². The Morgan fingerprint density at radius 1 is 0.774 bits per heavy atom. The number of aryl methyl sites for hydroxylation is 1. The summed E-state index contributed by atoms with van der Waals surface area (Å²) in [7, 11) is 0. The highest BCUT2D eigenvalue weighted by atomic mass is 16.6. The van der Waals surface area contributed by atoms with Crippen LogP contribution in [0.1, 0.15) is 26.3 Å². The van der Waals surface area contributed by atoms with Crippen LogP contribution in [0.25, 0.3) is 0 Å². The second-order valence-corrected chi connectivity index (χ2v) is 6.57. The average Bonchev–Trinajstić information content (AvgIpc) is 2.74. The SMILES string of the molecule is Cc1cccc(C(=O)Nc2ccc(C(=O)Nc3ccc([N+](=O)[O-])cc3[N+](=O)[O-])cc2)c1. The fraction of sp³-hybridized carbons (Fsp3) is 0.0476. The zero-order valence-corrected chi connectivity index (χ0v) is 16.2. The van der Waals surface area contributed by atoms with Crippen LogP contribution in [0.15, 0.2) is 66.7 Å². The molecule has 10 heteroatoms. The number of hydrogen-bond donors (Lipinski definition) is 2. The smallest absolute Gasteiger partial charge is 0.299 e. The molecule has 2 amide bonds. The molecular formula is C21H16N4O6. The molecule has 0 saturated carbocycles. The van der Waals surface area contributed by atoms with Crippen molar-refractivity contribution in [3.63, 3.8) is 0 Å². The second-order valence-electron chi connectivity index (χ2n) is 6.57. The number of carbonyl (C=O) groups is 2. The monoisotopic (exact) mass is 420 g/mol. The first-order chi connectivity index (χ1) is 14.7. The van der Waals surface area contributed by atoms with E-state index in [1.165, 1.54) is 24.3 Å². The van der Waals surface area contributed by atoms with Crippen molar-refractivity contribution in [3.8, 4) is 0 Å². The maximum Gasteiger partial charge on any atom is 0.299 e. The van der Waals surface area contributed by atoms with Crippen LogP contribution in [0.4, 0.5) is 22.7 Å². The van der Waals surface area contributed by atoms with Gasteiger partial charge in [0.2, 0.25) is 0 Å². The van der Waals surface area contributed by atoms with Gasteiger partial charge >= 0.3 is 0 Å². The molecule has 3 aromatic rings. The molecule has 0 aromatic heterocycles. The summed E-state index contributed by atoms with van der Waals surface area (Å²) < 4.78 is 0. The van der Waals surface area contributed by atoms with Gasteiger partial charge in [0.15, 0.2) is 0 Å².